The third-order valence-corrected chi connectivity index (χ3v) is 7.45. The van der Waals surface area contributed by atoms with E-state index in [0.29, 0.717) is 25.9 Å². The number of amides is 1. The van der Waals surface area contributed by atoms with Gasteiger partial charge in [0.1, 0.15) is 11.6 Å². The Morgan fingerprint density at radius 3 is 2.61 bits per heavy atom. The van der Waals surface area contributed by atoms with Crippen LogP contribution < -0.4 is 4.74 Å². The molecule has 1 amide bonds. The van der Waals surface area contributed by atoms with Crippen LogP contribution >= 0.6 is 0 Å². The van der Waals surface area contributed by atoms with Crippen molar-refractivity contribution < 1.29 is 22.7 Å². The first-order chi connectivity index (χ1) is 17.3. The number of rotatable bonds is 6. The molecule has 2 aromatic carbocycles. The minimum absolute atomic E-state index is 0.0169. The van der Waals surface area contributed by atoms with Gasteiger partial charge in [-0.15, -0.1) is 0 Å². The van der Waals surface area contributed by atoms with Crippen molar-refractivity contribution in [1.82, 2.24) is 14.5 Å². The maximum absolute atomic E-state index is 13.4. The molecule has 8 heteroatoms. The number of carbonyl (C=O) groups excluding carboxylic acids is 1. The van der Waals surface area contributed by atoms with Gasteiger partial charge in [-0.05, 0) is 73.4 Å². The minimum Gasteiger partial charge on any atom is -0.483 e. The van der Waals surface area contributed by atoms with Crippen LogP contribution in [-0.2, 0) is 30.4 Å². The Balaban J connectivity index is 1.19. The van der Waals surface area contributed by atoms with Crippen molar-refractivity contribution in [2.45, 2.75) is 57.7 Å². The fourth-order valence-electron chi connectivity index (χ4n) is 5.54. The standard InChI is InChI=1S/C28H30F3N3O2/c1-19-9-10-25(23-7-4-6-22(19)23)36-18-26(35)33-14-11-20(12-15-33)27-32-13-16-34(27)17-21-5-2-3-8-24(21)28(29,30)31/h2-3,5,8-10,13,16,20H,4,6-7,11-12,14-15,17-18H2,1H3. The molecule has 0 N–H and O–H groups in total. The molecule has 1 fully saturated rings. The molecule has 0 radical (unpaired) electrons. The molecular formula is C28H30F3N3O2. The van der Waals surface area contributed by atoms with E-state index in [4.69, 9.17) is 4.74 Å². The summed E-state index contributed by atoms with van der Waals surface area (Å²) < 4.78 is 48.0. The molecule has 0 atom stereocenters. The summed E-state index contributed by atoms with van der Waals surface area (Å²) in [7, 11) is 0. The number of halogens is 3. The van der Waals surface area contributed by atoms with Crippen molar-refractivity contribution in [3.05, 3.63) is 82.4 Å². The first-order valence-electron chi connectivity index (χ1n) is 12.5. The number of fused-ring (bicyclic) bond motifs is 1. The number of aryl methyl sites for hydroxylation is 1. The van der Waals surface area contributed by atoms with Crippen LogP contribution in [-0.4, -0.2) is 40.1 Å². The number of imidazole rings is 1. The van der Waals surface area contributed by atoms with E-state index in [-0.39, 0.29) is 30.5 Å². The smallest absolute Gasteiger partial charge is 0.416 e. The Hall–Kier alpha value is -3.29. The Kier molecular flexibility index (Phi) is 6.77. The molecule has 1 saturated heterocycles. The predicted octanol–water partition coefficient (Wildman–Crippen LogP) is 5.53. The lowest BCUT2D eigenvalue weighted by Gasteiger charge is -2.32. The van der Waals surface area contributed by atoms with Crippen LogP contribution in [0.5, 0.6) is 5.75 Å². The Bertz CT molecular complexity index is 1240. The lowest BCUT2D eigenvalue weighted by molar-refractivity contribution is -0.138. The van der Waals surface area contributed by atoms with Gasteiger partial charge in [-0.2, -0.15) is 13.2 Å². The van der Waals surface area contributed by atoms with Crippen molar-refractivity contribution in [3.8, 4) is 5.75 Å². The summed E-state index contributed by atoms with van der Waals surface area (Å²) in [6, 6.07) is 9.68. The largest absolute Gasteiger partial charge is 0.483 e. The highest BCUT2D eigenvalue weighted by molar-refractivity contribution is 5.78. The van der Waals surface area contributed by atoms with Gasteiger partial charge in [0.15, 0.2) is 6.61 Å². The highest BCUT2D eigenvalue weighted by Crippen LogP contribution is 2.34. The number of ether oxygens (including phenoxy) is 1. The van der Waals surface area contributed by atoms with Crippen LogP contribution in [0, 0.1) is 6.92 Å². The average molecular weight is 498 g/mol. The highest BCUT2D eigenvalue weighted by atomic mass is 19.4. The third-order valence-electron chi connectivity index (χ3n) is 7.45. The lowest BCUT2D eigenvalue weighted by Crippen LogP contribution is -2.41. The van der Waals surface area contributed by atoms with Crippen LogP contribution in [0.4, 0.5) is 13.2 Å². The summed E-state index contributed by atoms with van der Waals surface area (Å²) in [6.45, 7) is 3.39. The first kappa shape index (κ1) is 24.4. The van der Waals surface area contributed by atoms with Gasteiger partial charge in [-0.3, -0.25) is 4.79 Å². The fourth-order valence-corrected chi connectivity index (χ4v) is 5.54. The molecular weight excluding hydrogens is 467 g/mol. The molecule has 36 heavy (non-hydrogen) atoms. The molecule has 0 unspecified atom stereocenters. The van der Waals surface area contributed by atoms with Gasteiger partial charge in [-0.25, -0.2) is 4.98 Å². The van der Waals surface area contributed by atoms with Crippen LogP contribution in [0.3, 0.4) is 0 Å². The van der Waals surface area contributed by atoms with Crippen LogP contribution in [0.15, 0.2) is 48.8 Å². The monoisotopic (exact) mass is 497 g/mol. The molecule has 1 aromatic heterocycles. The van der Waals surface area contributed by atoms with Gasteiger partial charge < -0.3 is 14.2 Å². The molecule has 5 rings (SSSR count). The molecule has 0 spiro atoms. The quantitative estimate of drug-likeness (QED) is 0.450. The maximum atomic E-state index is 13.4. The zero-order valence-electron chi connectivity index (χ0n) is 20.4. The van der Waals surface area contributed by atoms with Crippen molar-refractivity contribution in [1.29, 1.82) is 0 Å². The van der Waals surface area contributed by atoms with Crippen molar-refractivity contribution in [3.63, 3.8) is 0 Å². The van der Waals surface area contributed by atoms with Gasteiger partial charge in [0.2, 0.25) is 0 Å². The van der Waals surface area contributed by atoms with E-state index < -0.39 is 11.7 Å². The Labute approximate surface area is 208 Å². The molecule has 0 saturated carbocycles. The number of hydrogen-bond donors (Lipinski definition) is 0. The van der Waals surface area contributed by atoms with Crippen molar-refractivity contribution in [2.75, 3.05) is 19.7 Å². The van der Waals surface area contributed by atoms with E-state index >= 15 is 0 Å². The lowest BCUT2D eigenvalue weighted by atomic mass is 9.95. The summed E-state index contributed by atoms with van der Waals surface area (Å²) in [5, 5.41) is 0. The van der Waals surface area contributed by atoms with Crippen molar-refractivity contribution >= 4 is 5.91 Å². The van der Waals surface area contributed by atoms with Gasteiger partial charge in [0, 0.05) is 37.9 Å². The summed E-state index contributed by atoms with van der Waals surface area (Å²) in [5.74, 6) is 1.63. The van der Waals surface area contributed by atoms with E-state index in [1.165, 1.54) is 28.8 Å². The van der Waals surface area contributed by atoms with E-state index in [1.807, 2.05) is 11.0 Å². The second-order valence-corrected chi connectivity index (χ2v) is 9.70. The van der Waals surface area contributed by atoms with E-state index in [0.717, 1.165) is 36.9 Å². The zero-order chi connectivity index (χ0) is 25.3. The van der Waals surface area contributed by atoms with E-state index in [9.17, 15) is 18.0 Å². The molecule has 190 valence electrons. The Morgan fingerprint density at radius 1 is 1.08 bits per heavy atom. The van der Waals surface area contributed by atoms with Crippen molar-refractivity contribution in [2.24, 2.45) is 0 Å². The fraction of sp³-hybridized carbons (Fsp3) is 0.429. The molecule has 5 nitrogen and oxygen atoms in total. The Morgan fingerprint density at radius 2 is 1.83 bits per heavy atom. The molecule has 2 heterocycles. The number of aromatic nitrogens is 2. The summed E-state index contributed by atoms with van der Waals surface area (Å²) >= 11 is 0. The summed E-state index contributed by atoms with van der Waals surface area (Å²) in [4.78, 5) is 19.1. The first-order valence-corrected chi connectivity index (χ1v) is 12.5. The minimum atomic E-state index is -4.40. The maximum Gasteiger partial charge on any atom is 0.416 e. The third kappa shape index (κ3) is 4.99. The molecule has 0 bridgehead atoms. The average Bonchev–Trinajstić information content (AvgIpc) is 3.54. The van der Waals surface area contributed by atoms with E-state index in [2.05, 4.69) is 18.0 Å². The normalized spacial score (nSPS) is 16.3. The number of hydrogen-bond acceptors (Lipinski definition) is 3. The highest BCUT2D eigenvalue weighted by Gasteiger charge is 2.33. The van der Waals surface area contributed by atoms with Crippen LogP contribution in [0.2, 0.25) is 0 Å². The van der Waals surface area contributed by atoms with Gasteiger partial charge >= 0.3 is 6.18 Å². The van der Waals surface area contributed by atoms with Gasteiger partial charge in [0.05, 0.1) is 5.56 Å². The molecule has 1 aliphatic carbocycles. The molecule has 1 aliphatic heterocycles. The number of benzene rings is 2. The predicted molar refractivity (Wildman–Crippen MR) is 130 cm³/mol. The zero-order valence-corrected chi connectivity index (χ0v) is 20.4. The molecule has 2 aliphatic rings. The number of carbonyl (C=O) groups is 1. The van der Waals surface area contributed by atoms with Crippen LogP contribution in [0.25, 0.3) is 0 Å². The summed E-state index contributed by atoms with van der Waals surface area (Å²) in [6.07, 6.45) is 3.57. The number of likely N-dealkylation sites (tertiary alicyclic amines) is 1. The van der Waals surface area contributed by atoms with Gasteiger partial charge in [-0.1, -0.05) is 24.3 Å². The number of piperidine rings is 1. The van der Waals surface area contributed by atoms with Crippen LogP contribution in [0.1, 0.15) is 58.8 Å². The second kappa shape index (κ2) is 9.99. The number of alkyl halides is 3. The molecule has 3 aromatic rings. The SMILES string of the molecule is Cc1ccc(OCC(=O)N2CCC(c3nccn3Cc3ccccc3C(F)(F)F)CC2)c2c1CCC2. The second-order valence-electron chi connectivity index (χ2n) is 9.70. The summed E-state index contributed by atoms with van der Waals surface area (Å²) in [5.41, 5.74) is 3.47. The topological polar surface area (TPSA) is 47.4 Å². The van der Waals surface area contributed by atoms with E-state index in [1.54, 1.807) is 23.0 Å². The number of nitrogens with zero attached hydrogens (tertiary/aromatic N) is 3. The van der Waals surface area contributed by atoms with Gasteiger partial charge in [0.25, 0.3) is 5.91 Å².